The highest BCUT2D eigenvalue weighted by Gasteiger charge is 2.22. The van der Waals surface area contributed by atoms with Crippen molar-refractivity contribution < 1.29 is 28.8 Å². The summed E-state index contributed by atoms with van der Waals surface area (Å²) in [5.41, 5.74) is 5.10. The molecule has 1 rings (SSSR count). The SMILES string of the molecule is Nc1ccc(C(=O)OP(=O)(O)O)cc1O. The molecule has 0 heterocycles. The molecule has 0 aliphatic heterocycles. The fourth-order valence-electron chi connectivity index (χ4n) is 0.831. The highest BCUT2D eigenvalue weighted by atomic mass is 31.2. The van der Waals surface area contributed by atoms with E-state index in [4.69, 9.17) is 20.6 Å². The van der Waals surface area contributed by atoms with E-state index >= 15 is 0 Å². The van der Waals surface area contributed by atoms with Crippen molar-refractivity contribution in [1.29, 1.82) is 0 Å². The summed E-state index contributed by atoms with van der Waals surface area (Å²) in [5, 5.41) is 9.12. The Morgan fingerprint density at radius 2 is 2.00 bits per heavy atom. The lowest BCUT2D eigenvalue weighted by Gasteiger charge is -2.05. The second-order valence-electron chi connectivity index (χ2n) is 2.64. The van der Waals surface area contributed by atoms with Gasteiger partial charge in [0.05, 0.1) is 11.3 Å². The fraction of sp³-hybridized carbons (Fsp3) is 0. The first-order valence-electron chi connectivity index (χ1n) is 3.67. The monoisotopic (exact) mass is 233 g/mol. The van der Waals surface area contributed by atoms with E-state index in [0.717, 1.165) is 6.07 Å². The van der Waals surface area contributed by atoms with Crippen molar-refractivity contribution in [2.75, 3.05) is 5.73 Å². The van der Waals surface area contributed by atoms with Gasteiger partial charge in [-0.05, 0) is 18.2 Å². The van der Waals surface area contributed by atoms with Gasteiger partial charge in [0, 0.05) is 0 Å². The van der Waals surface area contributed by atoms with Gasteiger partial charge in [-0.3, -0.25) is 9.79 Å². The average Bonchev–Trinajstić information content (AvgIpc) is 2.06. The largest absolute Gasteiger partial charge is 0.527 e. The van der Waals surface area contributed by atoms with Crippen molar-refractivity contribution in [3.05, 3.63) is 23.8 Å². The standard InChI is InChI=1S/C7H8NO6P/c8-5-2-1-4(3-6(5)9)7(10)14-15(11,12)13/h1-3,9H,8H2,(H2,11,12,13). The highest BCUT2D eigenvalue weighted by Crippen LogP contribution is 2.37. The molecule has 7 nitrogen and oxygen atoms in total. The Labute approximate surface area is 84.3 Å². The molecular weight excluding hydrogens is 225 g/mol. The zero-order valence-electron chi connectivity index (χ0n) is 7.32. The number of nitrogen functional groups attached to an aromatic ring is 1. The molecule has 1 aromatic carbocycles. The minimum Gasteiger partial charge on any atom is -0.506 e. The number of nitrogens with two attached hydrogens (primary N) is 1. The number of hydrogen-bond acceptors (Lipinski definition) is 5. The van der Waals surface area contributed by atoms with Gasteiger partial charge >= 0.3 is 13.8 Å². The lowest BCUT2D eigenvalue weighted by Crippen LogP contribution is -2.03. The van der Waals surface area contributed by atoms with E-state index in [1.54, 1.807) is 0 Å². The molecule has 0 radical (unpaired) electrons. The van der Waals surface area contributed by atoms with Gasteiger partial charge in [0.15, 0.2) is 0 Å². The van der Waals surface area contributed by atoms with Crippen LogP contribution in [0.25, 0.3) is 0 Å². The molecule has 0 spiro atoms. The van der Waals surface area contributed by atoms with Crippen molar-refractivity contribution in [3.63, 3.8) is 0 Å². The van der Waals surface area contributed by atoms with Crippen LogP contribution < -0.4 is 5.73 Å². The Morgan fingerprint density at radius 1 is 1.40 bits per heavy atom. The molecule has 0 atom stereocenters. The third-order valence-electron chi connectivity index (χ3n) is 1.47. The van der Waals surface area contributed by atoms with Crippen LogP contribution in [0.5, 0.6) is 5.75 Å². The van der Waals surface area contributed by atoms with Crippen molar-refractivity contribution >= 4 is 19.5 Å². The number of anilines is 1. The number of phenolic OH excluding ortho intramolecular Hbond substituents is 1. The van der Waals surface area contributed by atoms with Crippen molar-refractivity contribution in [2.24, 2.45) is 0 Å². The summed E-state index contributed by atoms with van der Waals surface area (Å²) in [7, 11) is -4.88. The number of rotatable bonds is 2. The van der Waals surface area contributed by atoms with E-state index in [0.29, 0.717) is 0 Å². The van der Waals surface area contributed by atoms with Gasteiger partial charge in [0.1, 0.15) is 5.75 Å². The number of benzene rings is 1. The van der Waals surface area contributed by atoms with Gasteiger partial charge in [-0.2, -0.15) is 0 Å². The Morgan fingerprint density at radius 3 is 2.47 bits per heavy atom. The number of carbonyl (C=O) groups excluding carboxylic acids is 1. The Hall–Kier alpha value is -1.56. The first-order valence-corrected chi connectivity index (χ1v) is 5.20. The zero-order chi connectivity index (χ0) is 11.6. The van der Waals surface area contributed by atoms with Gasteiger partial charge in [0.25, 0.3) is 0 Å². The Kier molecular flexibility index (Phi) is 2.99. The molecule has 0 aliphatic carbocycles. The molecule has 0 amide bonds. The molecule has 0 unspecified atom stereocenters. The van der Waals surface area contributed by atoms with Crippen LogP contribution in [0.4, 0.5) is 5.69 Å². The molecule has 15 heavy (non-hydrogen) atoms. The second kappa shape index (κ2) is 3.90. The first kappa shape index (κ1) is 11.5. The summed E-state index contributed by atoms with van der Waals surface area (Å²) in [6.07, 6.45) is 0. The molecule has 0 fully saturated rings. The maximum absolute atomic E-state index is 11.1. The summed E-state index contributed by atoms with van der Waals surface area (Å²) in [6, 6.07) is 3.34. The quantitative estimate of drug-likeness (QED) is 0.326. The predicted molar refractivity (Wildman–Crippen MR) is 50.0 cm³/mol. The smallest absolute Gasteiger partial charge is 0.506 e. The van der Waals surface area contributed by atoms with Crippen LogP contribution >= 0.6 is 7.82 Å². The number of phenols is 1. The molecule has 8 heteroatoms. The number of carbonyl (C=O) groups is 1. The van der Waals surface area contributed by atoms with E-state index in [9.17, 15) is 9.36 Å². The minimum atomic E-state index is -4.88. The van der Waals surface area contributed by atoms with Gasteiger partial charge in [-0.1, -0.05) is 0 Å². The van der Waals surface area contributed by atoms with E-state index in [2.05, 4.69) is 4.52 Å². The summed E-state index contributed by atoms with van der Waals surface area (Å²) in [5.74, 6) is -1.60. The molecule has 0 saturated heterocycles. The van der Waals surface area contributed by atoms with E-state index in [1.807, 2.05) is 0 Å². The Balaban J connectivity index is 2.93. The predicted octanol–water partition coefficient (Wildman–Crippen LogP) is 0.224. The first-order chi connectivity index (χ1) is 6.79. The van der Waals surface area contributed by atoms with Crippen LogP contribution in [0.3, 0.4) is 0 Å². The molecule has 0 aromatic heterocycles. The van der Waals surface area contributed by atoms with Crippen LogP contribution in [0.2, 0.25) is 0 Å². The molecule has 1 aromatic rings. The molecule has 0 aliphatic rings. The minimum absolute atomic E-state index is 0.0442. The molecule has 0 saturated carbocycles. The maximum atomic E-state index is 11.1. The van der Waals surface area contributed by atoms with Crippen LogP contribution in [-0.4, -0.2) is 20.9 Å². The van der Waals surface area contributed by atoms with E-state index < -0.39 is 13.8 Å². The van der Waals surface area contributed by atoms with Gasteiger partial charge in [-0.15, -0.1) is 0 Å². The molecular formula is C7H8NO6P. The van der Waals surface area contributed by atoms with E-state index in [-0.39, 0.29) is 17.0 Å². The lowest BCUT2D eigenvalue weighted by atomic mass is 10.2. The topological polar surface area (TPSA) is 130 Å². The molecule has 5 N–H and O–H groups in total. The van der Waals surface area contributed by atoms with Gasteiger partial charge in [-0.25, -0.2) is 9.36 Å². The van der Waals surface area contributed by atoms with Crippen LogP contribution in [0, 0.1) is 0 Å². The summed E-state index contributed by atoms with van der Waals surface area (Å²) < 4.78 is 14.1. The highest BCUT2D eigenvalue weighted by molar-refractivity contribution is 7.46. The van der Waals surface area contributed by atoms with Gasteiger partial charge in [0.2, 0.25) is 0 Å². The summed E-state index contributed by atoms with van der Waals surface area (Å²) in [6.45, 7) is 0. The summed E-state index contributed by atoms with van der Waals surface area (Å²) in [4.78, 5) is 27.8. The Bertz CT molecular complexity index is 439. The number of phosphoric ester groups is 1. The third kappa shape index (κ3) is 3.25. The molecule has 0 bridgehead atoms. The van der Waals surface area contributed by atoms with Crippen LogP contribution in [-0.2, 0) is 9.09 Å². The van der Waals surface area contributed by atoms with Gasteiger partial charge < -0.3 is 15.4 Å². The zero-order valence-corrected chi connectivity index (χ0v) is 8.22. The number of aromatic hydroxyl groups is 1. The summed E-state index contributed by atoms with van der Waals surface area (Å²) >= 11 is 0. The third-order valence-corrected chi connectivity index (χ3v) is 1.87. The lowest BCUT2D eigenvalue weighted by molar-refractivity contribution is 0.0677. The maximum Gasteiger partial charge on any atom is 0.527 e. The number of phosphoric acid groups is 1. The van der Waals surface area contributed by atoms with Crippen molar-refractivity contribution in [2.45, 2.75) is 0 Å². The van der Waals surface area contributed by atoms with E-state index in [1.165, 1.54) is 12.1 Å². The second-order valence-corrected chi connectivity index (χ2v) is 3.81. The van der Waals surface area contributed by atoms with Crippen molar-refractivity contribution in [1.82, 2.24) is 0 Å². The van der Waals surface area contributed by atoms with Crippen molar-refractivity contribution in [3.8, 4) is 5.75 Å². The fourth-order valence-corrected chi connectivity index (χ4v) is 1.15. The molecule has 82 valence electrons. The average molecular weight is 233 g/mol. The van der Waals surface area contributed by atoms with Crippen LogP contribution in [0.15, 0.2) is 18.2 Å². The van der Waals surface area contributed by atoms with Crippen LogP contribution in [0.1, 0.15) is 10.4 Å². The normalized spacial score (nSPS) is 11.1. The number of hydrogen-bond donors (Lipinski definition) is 4.